The van der Waals surface area contributed by atoms with Gasteiger partial charge >= 0.3 is 6.03 Å². The lowest BCUT2D eigenvalue weighted by atomic mass is 9.96. The van der Waals surface area contributed by atoms with Gasteiger partial charge in [-0.25, -0.2) is 9.18 Å². The van der Waals surface area contributed by atoms with Gasteiger partial charge in [-0.1, -0.05) is 30.3 Å². The number of hydrogen-bond acceptors (Lipinski definition) is 3. The quantitative estimate of drug-likeness (QED) is 0.836. The highest BCUT2D eigenvalue weighted by atomic mass is 19.1. The summed E-state index contributed by atoms with van der Waals surface area (Å²) in [4.78, 5) is 26.8. The molecule has 7 heteroatoms. The van der Waals surface area contributed by atoms with Gasteiger partial charge in [-0.05, 0) is 35.7 Å². The fourth-order valence-corrected chi connectivity index (χ4v) is 3.71. The molecule has 2 aromatic rings. The lowest BCUT2D eigenvalue weighted by Crippen LogP contribution is -2.44. The Balaban J connectivity index is 1.55. The van der Waals surface area contributed by atoms with Crippen LogP contribution >= 0.6 is 0 Å². The van der Waals surface area contributed by atoms with Gasteiger partial charge in [-0.3, -0.25) is 4.79 Å². The summed E-state index contributed by atoms with van der Waals surface area (Å²) in [6.45, 7) is 0.806. The number of amides is 3. The third-order valence-corrected chi connectivity index (χ3v) is 5.05. The summed E-state index contributed by atoms with van der Waals surface area (Å²) in [5, 5.41) is 5.45. The van der Waals surface area contributed by atoms with Crippen LogP contribution < -0.4 is 15.4 Å². The van der Waals surface area contributed by atoms with E-state index in [0.29, 0.717) is 36.3 Å². The van der Waals surface area contributed by atoms with Crippen LogP contribution in [-0.4, -0.2) is 37.0 Å². The lowest BCUT2D eigenvalue weighted by Gasteiger charge is -2.25. The fraction of sp³-hybridized carbons (Fsp3) is 0.238. The predicted molar refractivity (Wildman–Crippen MR) is 101 cm³/mol. The summed E-state index contributed by atoms with van der Waals surface area (Å²) in [5.41, 5.74) is 2.59. The zero-order chi connectivity index (χ0) is 19.7. The van der Waals surface area contributed by atoms with Crippen molar-refractivity contribution in [2.75, 3.05) is 20.2 Å². The van der Waals surface area contributed by atoms with Crippen molar-refractivity contribution in [2.24, 2.45) is 0 Å². The van der Waals surface area contributed by atoms with Crippen LogP contribution in [0, 0.1) is 5.82 Å². The first-order valence-electron chi connectivity index (χ1n) is 9.04. The Morgan fingerprint density at radius 3 is 2.79 bits per heavy atom. The van der Waals surface area contributed by atoms with Gasteiger partial charge in [0, 0.05) is 6.54 Å². The van der Waals surface area contributed by atoms with E-state index in [-0.39, 0.29) is 5.91 Å². The van der Waals surface area contributed by atoms with Crippen molar-refractivity contribution in [2.45, 2.75) is 12.5 Å². The van der Waals surface area contributed by atoms with Gasteiger partial charge in [-0.2, -0.15) is 0 Å². The van der Waals surface area contributed by atoms with E-state index >= 15 is 0 Å². The minimum atomic E-state index is -0.664. The number of nitrogens with zero attached hydrogens (tertiary/aromatic N) is 1. The van der Waals surface area contributed by atoms with E-state index in [1.807, 2.05) is 24.3 Å². The zero-order valence-corrected chi connectivity index (χ0v) is 15.4. The van der Waals surface area contributed by atoms with Crippen molar-refractivity contribution in [1.29, 1.82) is 0 Å². The summed E-state index contributed by atoms with van der Waals surface area (Å²) >= 11 is 0. The molecule has 0 bridgehead atoms. The molecule has 28 heavy (non-hydrogen) atoms. The molecule has 2 aliphatic rings. The molecule has 2 heterocycles. The number of halogens is 1. The Hall–Kier alpha value is -3.35. The lowest BCUT2D eigenvalue weighted by molar-refractivity contribution is -0.125. The number of carbonyl (C=O) groups excluding carboxylic acids is 2. The van der Waals surface area contributed by atoms with Gasteiger partial charge in [0.15, 0.2) is 0 Å². The van der Waals surface area contributed by atoms with Gasteiger partial charge in [0.2, 0.25) is 0 Å². The van der Waals surface area contributed by atoms with Gasteiger partial charge < -0.3 is 20.3 Å². The second-order valence-corrected chi connectivity index (χ2v) is 6.77. The monoisotopic (exact) mass is 381 g/mol. The molecule has 0 aromatic heterocycles. The Morgan fingerprint density at radius 1 is 1.18 bits per heavy atom. The molecule has 3 amide bonds. The van der Waals surface area contributed by atoms with Crippen molar-refractivity contribution in [3.05, 3.63) is 76.7 Å². The smallest absolute Gasteiger partial charge is 0.319 e. The summed E-state index contributed by atoms with van der Waals surface area (Å²) < 4.78 is 19.0. The Kier molecular flexibility index (Phi) is 4.73. The molecule has 0 saturated heterocycles. The number of rotatable bonds is 5. The second kappa shape index (κ2) is 7.34. The number of hydrogen-bond donors (Lipinski definition) is 2. The van der Waals surface area contributed by atoms with E-state index < -0.39 is 17.9 Å². The first kappa shape index (κ1) is 18.0. The first-order chi connectivity index (χ1) is 13.6. The van der Waals surface area contributed by atoms with Crippen LogP contribution in [0.1, 0.15) is 17.2 Å². The third-order valence-electron chi connectivity index (χ3n) is 5.05. The highest BCUT2D eigenvalue weighted by Crippen LogP contribution is 2.33. The minimum absolute atomic E-state index is 0.161. The molecule has 2 aromatic carbocycles. The van der Waals surface area contributed by atoms with E-state index in [2.05, 4.69) is 10.6 Å². The highest BCUT2D eigenvalue weighted by Gasteiger charge is 2.40. The average Bonchev–Trinajstić information content (AvgIpc) is 3.01. The zero-order valence-electron chi connectivity index (χ0n) is 15.4. The van der Waals surface area contributed by atoms with Crippen molar-refractivity contribution in [3.8, 4) is 5.75 Å². The van der Waals surface area contributed by atoms with Crippen molar-refractivity contribution in [3.63, 3.8) is 0 Å². The van der Waals surface area contributed by atoms with Gasteiger partial charge in [0.1, 0.15) is 11.6 Å². The van der Waals surface area contributed by atoms with E-state index in [1.165, 1.54) is 12.1 Å². The molecule has 1 atom stereocenters. The molecule has 0 fully saturated rings. The van der Waals surface area contributed by atoms with Gasteiger partial charge in [-0.15, -0.1) is 0 Å². The Morgan fingerprint density at radius 2 is 2.00 bits per heavy atom. The van der Waals surface area contributed by atoms with Crippen LogP contribution in [0.3, 0.4) is 0 Å². The number of benzene rings is 2. The largest absolute Gasteiger partial charge is 0.496 e. The molecule has 0 aliphatic carbocycles. The van der Waals surface area contributed by atoms with Crippen LogP contribution in [0.4, 0.5) is 9.18 Å². The molecule has 6 nitrogen and oxygen atoms in total. The standard InChI is InChI=1S/C21H20FN3O3/c1-28-17-8-3-2-5-13(17)9-10-25-12-16-18(20(25)26)19(24-21(27)23-16)14-6-4-7-15(22)11-14/h2-8,11,19H,9-10,12H2,1H3,(H2,23,24,27). The molecule has 0 spiro atoms. The van der Waals surface area contributed by atoms with E-state index in [4.69, 9.17) is 4.74 Å². The maximum absolute atomic E-state index is 13.7. The second-order valence-electron chi connectivity index (χ2n) is 6.77. The summed E-state index contributed by atoms with van der Waals surface area (Å²) in [7, 11) is 1.62. The highest BCUT2D eigenvalue weighted by molar-refractivity contribution is 6.01. The number of ether oxygens (including phenoxy) is 1. The minimum Gasteiger partial charge on any atom is -0.496 e. The maximum Gasteiger partial charge on any atom is 0.319 e. The first-order valence-corrected chi connectivity index (χ1v) is 9.04. The molecule has 4 rings (SSSR count). The molecule has 2 aliphatic heterocycles. The van der Waals surface area contributed by atoms with Crippen LogP contribution in [0.25, 0.3) is 0 Å². The van der Waals surface area contributed by atoms with Crippen LogP contribution in [-0.2, 0) is 11.2 Å². The van der Waals surface area contributed by atoms with Crippen molar-refractivity contribution >= 4 is 11.9 Å². The molecule has 0 radical (unpaired) electrons. The van der Waals surface area contributed by atoms with E-state index in [9.17, 15) is 14.0 Å². The molecular formula is C21H20FN3O3. The molecular weight excluding hydrogens is 361 g/mol. The fourth-order valence-electron chi connectivity index (χ4n) is 3.71. The summed E-state index contributed by atoms with van der Waals surface area (Å²) in [6, 6.07) is 12.6. The Labute approximate surface area is 162 Å². The van der Waals surface area contributed by atoms with Crippen LogP contribution in [0.15, 0.2) is 59.8 Å². The topological polar surface area (TPSA) is 70.7 Å². The number of nitrogens with one attached hydrogen (secondary N) is 2. The average molecular weight is 381 g/mol. The SMILES string of the molecule is COc1ccccc1CCN1CC2=C(C1=O)C(c1cccc(F)c1)NC(=O)N2. The number of para-hydroxylation sites is 1. The molecule has 0 saturated carbocycles. The van der Waals surface area contributed by atoms with Crippen molar-refractivity contribution in [1.82, 2.24) is 15.5 Å². The van der Waals surface area contributed by atoms with E-state index in [0.717, 1.165) is 11.3 Å². The molecule has 144 valence electrons. The number of methoxy groups -OCH3 is 1. The number of carbonyl (C=O) groups is 2. The normalized spacial score (nSPS) is 18.6. The predicted octanol–water partition coefficient (Wildman–Crippen LogP) is 2.53. The van der Waals surface area contributed by atoms with E-state index in [1.54, 1.807) is 24.1 Å². The Bertz CT molecular complexity index is 973. The van der Waals surface area contributed by atoms with Crippen LogP contribution in [0.2, 0.25) is 0 Å². The number of urea groups is 1. The molecule has 2 N–H and O–H groups in total. The van der Waals surface area contributed by atoms with Crippen LogP contribution in [0.5, 0.6) is 5.75 Å². The molecule has 1 unspecified atom stereocenters. The van der Waals surface area contributed by atoms with Gasteiger partial charge in [0.05, 0.1) is 31.0 Å². The summed E-state index contributed by atoms with van der Waals surface area (Å²) in [5.74, 6) is 0.206. The third kappa shape index (κ3) is 3.31. The van der Waals surface area contributed by atoms with Crippen molar-refractivity contribution < 1.29 is 18.7 Å². The summed E-state index contributed by atoms with van der Waals surface area (Å²) in [6.07, 6.45) is 0.627. The van der Waals surface area contributed by atoms with Gasteiger partial charge in [0.25, 0.3) is 5.91 Å². The maximum atomic E-state index is 13.7.